The molecule has 1 N–H and O–H groups in total. The number of benzene rings is 1. The van der Waals surface area contributed by atoms with Crippen LogP contribution in [0.2, 0.25) is 0 Å². The van der Waals surface area contributed by atoms with Crippen molar-refractivity contribution in [2.24, 2.45) is 0 Å². The first-order chi connectivity index (χ1) is 5.75. The Morgan fingerprint density at radius 1 is 1.30 bits per heavy atom. The van der Waals surface area contributed by atoms with Crippen LogP contribution in [0.4, 0.5) is 0 Å². The molecule has 0 aliphatic heterocycles. The molecule has 0 saturated heterocycles. The Labute approximate surface area is 64.1 Å². The van der Waals surface area contributed by atoms with Crippen LogP contribution in [-0.2, 0) is 6.40 Å². The second-order valence-corrected chi connectivity index (χ2v) is 2.00. The van der Waals surface area contributed by atoms with Gasteiger partial charge in [0, 0.05) is 9.35 Å². The second kappa shape index (κ2) is 4.07. The van der Waals surface area contributed by atoms with Gasteiger partial charge in [0.05, 0.1) is 0 Å². The topological polar surface area (TPSA) is 20.2 Å². The highest BCUT2D eigenvalue weighted by atomic mass is 16.2. The molecule has 0 bridgehead atoms. The van der Waals surface area contributed by atoms with Crippen LogP contribution in [0.3, 0.4) is 0 Å². The lowest BCUT2D eigenvalue weighted by atomic mass is 10.1. The number of hydrogen-bond donors (Lipinski definition) is 1. The molecule has 1 rings (SSSR count). The Balaban J connectivity index is 2.71. The minimum absolute atomic E-state index is 0.261. The molecule has 0 saturated carbocycles. The molecule has 1 aromatic rings. The Morgan fingerprint density at radius 2 is 2.00 bits per heavy atom. The quantitative estimate of drug-likeness (QED) is 0.672. The Kier molecular flexibility index (Phi) is 2.00. The van der Waals surface area contributed by atoms with Gasteiger partial charge in [-0.2, -0.15) is 0 Å². The minimum Gasteiger partial charge on any atom is -0.396 e. The van der Waals surface area contributed by atoms with Gasteiger partial charge in [-0.15, -0.1) is 0 Å². The first-order valence-corrected chi connectivity index (χ1v) is 3.26. The van der Waals surface area contributed by atoms with Gasteiger partial charge in [0.1, 0.15) is 0 Å². The summed E-state index contributed by atoms with van der Waals surface area (Å²) in [5.41, 5.74) is 0.784. The molecule has 0 heterocycles. The van der Waals surface area contributed by atoms with E-state index in [0.29, 0.717) is 0 Å². The summed E-state index contributed by atoms with van der Waals surface area (Å²) in [6, 6.07) is 9.14. The lowest BCUT2D eigenvalue weighted by Crippen LogP contribution is -1.87. The molecular formula is C9H12O. The maximum Gasteiger partial charge on any atom is 0.0434 e. The highest BCUT2D eigenvalue weighted by Gasteiger charge is 1.87. The lowest BCUT2D eigenvalue weighted by molar-refractivity contribution is 0.288. The second-order valence-electron chi connectivity index (χ2n) is 2.00. The van der Waals surface area contributed by atoms with Crippen LogP contribution < -0.4 is 0 Å². The maximum atomic E-state index is 8.66. The van der Waals surface area contributed by atoms with Crippen molar-refractivity contribution in [3.8, 4) is 0 Å². The molecule has 0 aliphatic carbocycles. The van der Waals surface area contributed by atoms with Crippen molar-refractivity contribution in [2.75, 3.05) is 6.61 Å². The van der Waals surface area contributed by atoms with Crippen molar-refractivity contribution in [2.45, 2.75) is 12.8 Å². The molecule has 0 aromatic heterocycles. The summed E-state index contributed by atoms with van der Waals surface area (Å²) >= 11 is 0. The molecule has 1 nitrogen and oxygen atoms in total. The number of aliphatic hydroxyl groups is 1. The van der Waals surface area contributed by atoms with E-state index in [0.717, 1.165) is 5.56 Å². The van der Waals surface area contributed by atoms with Crippen molar-refractivity contribution in [3.05, 3.63) is 35.9 Å². The molecule has 0 spiro atoms. The fourth-order valence-corrected chi connectivity index (χ4v) is 0.753. The molecule has 1 heteroatoms. The third-order valence-corrected chi connectivity index (χ3v) is 1.22. The summed E-state index contributed by atoms with van der Waals surface area (Å²) in [5.74, 6) is 0. The van der Waals surface area contributed by atoms with E-state index in [1.165, 1.54) is 0 Å². The van der Waals surface area contributed by atoms with E-state index in [1.807, 2.05) is 18.2 Å². The average molecular weight is 138 g/mol. The molecule has 0 radical (unpaired) electrons. The zero-order valence-corrected chi connectivity index (χ0v) is 5.70. The zero-order chi connectivity index (χ0) is 8.97. The van der Waals surface area contributed by atoms with Gasteiger partial charge < -0.3 is 5.11 Å². The SMILES string of the molecule is [2H]C(CO)C([2H])c1ccccc1. The predicted octanol–water partition coefficient (Wildman–Crippen LogP) is 1.61. The summed E-state index contributed by atoms with van der Waals surface area (Å²) in [7, 11) is 0. The lowest BCUT2D eigenvalue weighted by Gasteiger charge is -1.96. The third-order valence-electron chi connectivity index (χ3n) is 1.22. The normalized spacial score (nSPS) is 18.9. The van der Waals surface area contributed by atoms with Gasteiger partial charge in [0.25, 0.3) is 0 Å². The fraction of sp³-hybridized carbons (Fsp3) is 0.333. The average Bonchev–Trinajstić information content (AvgIpc) is 2.17. The van der Waals surface area contributed by atoms with Gasteiger partial charge in [-0.05, 0) is 18.4 Å². The Bertz CT molecular complexity index is 225. The minimum atomic E-state index is -0.743. The van der Waals surface area contributed by atoms with E-state index in [4.69, 9.17) is 7.85 Å². The van der Waals surface area contributed by atoms with Gasteiger partial charge in [-0.25, -0.2) is 0 Å². The molecule has 0 amide bonds. The molecule has 1 aromatic carbocycles. The van der Waals surface area contributed by atoms with E-state index in [9.17, 15) is 0 Å². The van der Waals surface area contributed by atoms with Crippen LogP contribution in [0.15, 0.2) is 30.3 Å². The van der Waals surface area contributed by atoms with E-state index < -0.39 is 12.8 Å². The Morgan fingerprint density at radius 3 is 2.60 bits per heavy atom. The van der Waals surface area contributed by atoms with E-state index >= 15 is 0 Å². The van der Waals surface area contributed by atoms with Gasteiger partial charge >= 0.3 is 0 Å². The summed E-state index contributed by atoms with van der Waals surface area (Å²) in [6.45, 7) is -0.261. The first-order valence-electron chi connectivity index (χ1n) is 4.41. The van der Waals surface area contributed by atoms with Crippen LogP contribution in [0.1, 0.15) is 14.7 Å². The summed E-state index contributed by atoms with van der Waals surface area (Å²) in [6.07, 6.45) is -1.39. The summed E-state index contributed by atoms with van der Waals surface area (Å²) in [4.78, 5) is 0. The van der Waals surface area contributed by atoms with Crippen molar-refractivity contribution in [1.82, 2.24) is 0 Å². The highest BCUT2D eigenvalue weighted by molar-refractivity contribution is 5.14. The van der Waals surface area contributed by atoms with Crippen LogP contribution >= 0.6 is 0 Å². The monoisotopic (exact) mass is 138 g/mol. The molecular weight excluding hydrogens is 124 g/mol. The summed E-state index contributed by atoms with van der Waals surface area (Å²) in [5, 5.41) is 8.66. The number of aliphatic hydroxyl groups excluding tert-OH is 1. The molecule has 10 heavy (non-hydrogen) atoms. The highest BCUT2D eigenvalue weighted by Crippen LogP contribution is 2.00. The first kappa shape index (κ1) is 4.91. The van der Waals surface area contributed by atoms with E-state index in [-0.39, 0.29) is 6.61 Å². The van der Waals surface area contributed by atoms with Crippen molar-refractivity contribution in [3.63, 3.8) is 0 Å². The molecule has 0 aliphatic rings. The van der Waals surface area contributed by atoms with Crippen LogP contribution in [0.5, 0.6) is 0 Å². The van der Waals surface area contributed by atoms with Crippen LogP contribution in [0, 0.1) is 0 Å². The van der Waals surface area contributed by atoms with Gasteiger partial charge in [-0.3, -0.25) is 0 Å². The Hall–Kier alpha value is -0.820. The van der Waals surface area contributed by atoms with E-state index in [2.05, 4.69) is 0 Å². The number of rotatable bonds is 3. The van der Waals surface area contributed by atoms with E-state index in [1.54, 1.807) is 12.1 Å². The largest absolute Gasteiger partial charge is 0.396 e. The van der Waals surface area contributed by atoms with Gasteiger partial charge in [0.15, 0.2) is 0 Å². The zero-order valence-electron chi connectivity index (χ0n) is 7.70. The summed E-state index contributed by atoms with van der Waals surface area (Å²) < 4.78 is 14.9. The smallest absolute Gasteiger partial charge is 0.0434 e. The molecule has 54 valence electrons. The van der Waals surface area contributed by atoms with Crippen molar-refractivity contribution < 1.29 is 7.85 Å². The molecule has 2 atom stereocenters. The molecule has 0 fully saturated rings. The van der Waals surface area contributed by atoms with Crippen LogP contribution in [0.25, 0.3) is 0 Å². The van der Waals surface area contributed by atoms with Crippen molar-refractivity contribution in [1.29, 1.82) is 0 Å². The number of hydrogen-bond acceptors (Lipinski definition) is 1. The fourth-order valence-electron chi connectivity index (χ4n) is 0.753. The third kappa shape index (κ3) is 2.19. The number of aryl methyl sites for hydroxylation is 1. The maximum absolute atomic E-state index is 8.66. The predicted molar refractivity (Wildman–Crippen MR) is 41.8 cm³/mol. The molecule has 2 unspecified atom stereocenters. The van der Waals surface area contributed by atoms with Crippen LogP contribution in [-0.4, -0.2) is 11.7 Å². The van der Waals surface area contributed by atoms with Gasteiger partial charge in [0.2, 0.25) is 0 Å². The van der Waals surface area contributed by atoms with Gasteiger partial charge in [-0.1, -0.05) is 30.3 Å². The standard InChI is InChI=1S/C9H12O/c10-8-4-7-9-5-2-1-3-6-9/h1-3,5-6,10H,4,7-8H2/i4D,7D. The van der Waals surface area contributed by atoms with Crippen molar-refractivity contribution >= 4 is 0 Å².